The van der Waals surface area contributed by atoms with Gasteiger partial charge in [0.2, 0.25) is 0 Å². The molecule has 17 heavy (non-hydrogen) atoms. The number of amides is 1. The minimum absolute atomic E-state index is 0.00529. The Bertz CT molecular complexity index is 410. The topological polar surface area (TPSA) is 55.6 Å². The van der Waals surface area contributed by atoms with Crippen molar-refractivity contribution in [2.75, 3.05) is 26.0 Å². The van der Waals surface area contributed by atoms with E-state index in [4.69, 9.17) is 10.5 Å². The first-order valence-electron chi connectivity index (χ1n) is 5.49. The number of likely N-dealkylation sites (N-methyl/N-ethyl adjacent to an activating group) is 1. The number of halogens is 1. The van der Waals surface area contributed by atoms with E-state index in [9.17, 15) is 4.79 Å². The van der Waals surface area contributed by atoms with Crippen molar-refractivity contribution in [2.45, 2.75) is 12.5 Å². The van der Waals surface area contributed by atoms with Gasteiger partial charge in [0.1, 0.15) is 0 Å². The van der Waals surface area contributed by atoms with E-state index < -0.39 is 0 Å². The number of ether oxygens (including phenoxy) is 1. The number of anilines is 1. The van der Waals surface area contributed by atoms with Crippen LogP contribution in [0.15, 0.2) is 18.2 Å². The summed E-state index contributed by atoms with van der Waals surface area (Å²) in [7, 11) is 1.82. The maximum atomic E-state index is 12.2. The van der Waals surface area contributed by atoms with Crippen LogP contribution in [0.3, 0.4) is 0 Å². The van der Waals surface area contributed by atoms with Crippen LogP contribution >= 0.6 is 22.6 Å². The van der Waals surface area contributed by atoms with Gasteiger partial charge in [0.15, 0.2) is 0 Å². The molecule has 1 aliphatic rings. The van der Waals surface area contributed by atoms with Gasteiger partial charge in [-0.25, -0.2) is 0 Å². The highest BCUT2D eigenvalue weighted by Crippen LogP contribution is 2.18. The highest BCUT2D eigenvalue weighted by atomic mass is 127. The number of nitrogens with zero attached hydrogens (tertiary/aromatic N) is 1. The number of carbonyl (C=O) groups excluding carboxylic acids is 1. The number of benzene rings is 1. The standard InChI is InChI=1S/C12H15IN2O2/c1-15(11-2-3-17-7-11)12(16)8-4-9(13)6-10(14)5-8/h4-6,11H,2-3,7,14H2,1H3. The van der Waals surface area contributed by atoms with Crippen molar-refractivity contribution in [1.82, 2.24) is 4.90 Å². The van der Waals surface area contributed by atoms with Crippen molar-refractivity contribution in [3.8, 4) is 0 Å². The molecule has 2 rings (SSSR count). The molecule has 0 aliphatic carbocycles. The summed E-state index contributed by atoms with van der Waals surface area (Å²) in [5.41, 5.74) is 7.01. The van der Waals surface area contributed by atoms with Gasteiger partial charge in [-0.15, -0.1) is 0 Å². The van der Waals surface area contributed by atoms with Crippen LogP contribution in [-0.2, 0) is 4.74 Å². The fraction of sp³-hybridized carbons (Fsp3) is 0.417. The molecule has 2 N–H and O–H groups in total. The first kappa shape index (κ1) is 12.6. The van der Waals surface area contributed by atoms with Gasteiger partial charge in [-0.3, -0.25) is 4.79 Å². The Balaban J connectivity index is 2.17. The molecule has 4 nitrogen and oxygen atoms in total. The third-order valence-electron chi connectivity index (χ3n) is 2.94. The lowest BCUT2D eigenvalue weighted by Gasteiger charge is -2.23. The van der Waals surface area contributed by atoms with Crippen LogP contribution in [-0.4, -0.2) is 37.1 Å². The zero-order chi connectivity index (χ0) is 12.4. The van der Waals surface area contributed by atoms with Crippen molar-refractivity contribution < 1.29 is 9.53 Å². The number of nitrogen functional groups attached to an aromatic ring is 1. The fourth-order valence-electron chi connectivity index (χ4n) is 1.93. The van der Waals surface area contributed by atoms with Crippen LogP contribution in [0.25, 0.3) is 0 Å². The van der Waals surface area contributed by atoms with Gasteiger partial charge in [0.05, 0.1) is 12.6 Å². The summed E-state index contributed by atoms with van der Waals surface area (Å²) in [4.78, 5) is 14.0. The molecule has 1 saturated heterocycles. The molecule has 1 fully saturated rings. The minimum Gasteiger partial charge on any atom is -0.399 e. The molecule has 0 aromatic heterocycles. The maximum absolute atomic E-state index is 12.2. The molecule has 0 radical (unpaired) electrons. The van der Waals surface area contributed by atoms with E-state index in [1.165, 1.54) is 0 Å². The lowest BCUT2D eigenvalue weighted by molar-refractivity contribution is 0.0711. The normalized spacial score (nSPS) is 19.3. The van der Waals surface area contributed by atoms with Gasteiger partial charge in [-0.1, -0.05) is 0 Å². The first-order valence-corrected chi connectivity index (χ1v) is 6.57. The number of nitrogens with two attached hydrogens (primary N) is 1. The largest absolute Gasteiger partial charge is 0.399 e. The number of hydrogen-bond acceptors (Lipinski definition) is 3. The second kappa shape index (κ2) is 5.22. The van der Waals surface area contributed by atoms with E-state index in [-0.39, 0.29) is 11.9 Å². The lowest BCUT2D eigenvalue weighted by Crippen LogP contribution is -2.37. The first-order chi connectivity index (χ1) is 8.08. The predicted molar refractivity (Wildman–Crippen MR) is 74.9 cm³/mol. The summed E-state index contributed by atoms with van der Waals surface area (Å²) in [5.74, 6) is 0.00529. The van der Waals surface area contributed by atoms with E-state index in [0.29, 0.717) is 17.9 Å². The van der Waals surface area contributed by atoms with Gasteiger partial charge in [0, 0.05) is 28.5 Å². The second-order valence-corrected chi connectivity index (χ2v) is 5.45. The van der Waals surface area contributed by atoms with Crippen LogP contribution in [0, 0.1) is 3.57 Å². The van der Waals surface area contributed by atoms with E-state index in [1.54, 1.807) is 11.0 Å². The maximum Gasteiger partial charge on any atom is 0.254 e. The zero-order valence-corrected chi connectivity index (χ0v) is 11.8. The highest BCUT2D eigenvalue weighted by molar-refractivity contribution is 14.1. The Morgan fingerprint density at radius 2 is 2.29 bits per heavy atom. The number of carbonyl (C=O) groups is 1. The molecule has 1 unspecified atom stereocenters. The molecule has 0 saturated carbocycles. The fourth-order valence-corrected chi connectivity index (χ4v) is 2.63. The van der Waals surface area contributed by atoms with E-state index in [2.05, 4.69) is 22.6 Å². The molecular weight excluding hydrogens is 331 g/mol. The Morgan fingerprint density at radius 1 is 1.53 bits per heavy atom. The van der Waals surface area contributed by atoms with E-state index in [1.807, 2.05) is 19.2 Å². The molecule has 1 aromatic carbocycles. The predicted octanol–water partition coefficient (Wildman–Crippen LogP) is 1.73. The smallest absolute Gasteiger partial charge is 0.254 e. The summed E-state index contributed by atoms with van der Waals surface area (Å²) in [6.07, 6.45) is 0.904. The Kier molecular flexibility index (Phi) is 3.88. The molecule has 0 spiro atoms. The molecule has 1 atom stereocenters. The number of hydrogen-bond donors (Lipinski definition) is 1. The average molecular weight is 346 g/mol. The minimum atomic E-state index is 0.00529. The van der Waals surface area contributed by atoms with Gasteiger partial charge in [-0.2, -0.15) is 0 Å². The average Bonchev–Trinajstić information content (AvgIpc) is 2.79. The summed E-state index contributed by atoms with van der Waals surface area (Å²) < 4.78 is 6.27. The van der Waals surface area contributed by atoms with E-state index in [0.717, 1.165) is 16.6 Å². The Hall–Kier alpha value is -0.820. The molecule has 0 bridgehead atoms. The highest BCUT2D eigenvalue weighted by Gasteiger charge is 2.25. The second-order valence-electron chi connectivity index (χ2n) is 4.21. The van der Waals surface area contributed by atoms with Gasteiger partial charge < -0.3 is 15.4 Å². The van der Waals surface area contributed by atoms with Crippen LogP contribution in [0.4, 0.5) is 5.69 Å². The Morgan fingerprint density at radius 3 is 2.88 bits per heavy atom. The van der Waals surface area contributed by atoms with Crippen LogP contribution < -0.4 is 5.73 Å². The van der Waals surface area contributed by atoms with Gasteiger partial charge in [-0.05, 0) is 47.2 Å². The molecule has 92 valence electrons. The number of rotatable bonds is 2. The monoisotopic (exact) mass is 346 g/mol. The third-order valence-corrected chi connectivity index (χ3v) is 3.56. The lowest BCUT2D eigenvalue weighted by atomic mass is 10.1. The van der Waals surface area contributed by atoms with Gasteiger partial charge >= 0.3 is 0 Å². The van der Waals surface area contributed by atoms with Crippen molar-refractivity contribution in [2.24, 2.45) is 0 Å². The summed E-state index contributed by atoms with van der Waals surface area (Å²) in [6, 6.07) is 5.60. The molecule has 1 heterocycles. The molecule has 5 heteroatoms. The molecule has 1 aliphatic heterocycles. The van der Waals surface area contributed by atoms with Gasteiger partial charge in [0.25, 0.3) is 5.91 Å². The third kappa shape index (κ3) is 2.90. The zero-order valence-electron chi connectivity index (χ0n) is 9.65. The van der Waals surface area contributed by atoms with Crippen LogP contribution in [0.1, 0.15) is 16.8 Å². The van der Waals surface area contributed by atoms with Crippen molar-refractivity contribution in [1.29, 1.82) is 0 Å². The van der Waals surface area contributed by atoms with Crippen molar-refractivity contribution in [3.63, 3.8) is 0 Å². The molecular formula is C12H15IN2O2. The van der Waals surface area contributed by atoms with E-state index >= 15 is 0 Å². The Labute approximate surface area is 114 Å². The molecule has 1 amide bonds. The quantitative estimate of drug-likeness (QED) is 0.656. The van der Waals surface area contributed by atoms with Crippen LogP contribution in [0.2, 0.25) is 0 Å². The summed E-state index contributed by atoms with van der Waals surface area (Å²) in [5, 5.41) is 0. The van der Waals surface area contributed by atoms with Crippen molar-refractivity contribution >= 4 is 34.2 Å². The summed E-state index contributed by atoms with van der Waals surface area (Å²) >= 11 is 2.16. The van der Waals surface area contributed by atoms with Crippen molar-refractivity contribution in [3.05, 3.63) is 27.3 Å². The molecule has 1 aromatic rings. The van der Waals surface area contributed by atoms with Crippen LogP contribution in [0.5, 0.6) is 0 Å². The summed E-state index contributed by atoms with van der Waals surface area (Å²) in [6.45, 7) is 1.36. The SMILES string of the molecule is CN(C(=O)c1cc(N)cc(I)c1)C1CCOC1.